The van der Waals surface area contributed by atoms with Gasteiger partial charge in [0.25, 0.3) is 0 Å². The Bertz CT molecular complexity index is 420. The number of fused-ring (bicyclic) bond motifs is 1. The molecule has 3 rings (SSSR count). The van der Waals surface area contributed by atoms with Crippen LogP contribution in [0.1, 0.15) is 117 Å². The summed E-state index contributed by atoms with van der Waals surface area (Å²) in [6.45, 7) is 4.12. The Morgan fingerprint density at radius 1 is 0.692 bits per heavy atom. The lowest BCUT2D eigenvalue weighted by atomic mass is 9.60. The van der Waals surface area contributed by atoms with Crippen LogP contribution in [0, 0.1) is 35.5 Å². The Kier molecular flexibility index (Phi) is 8.07. The molecule has 0 aliphatic heterocycles. The molecule has 0 heterocycles. The molecule has 3 aliphatic rings. The van der Waals surface area contributed by atoms with E-state index in [9.17, 15) is 4.79 Å². The number of Topliss-reactive ketones (excluding diaryl/α,β-unsaturated/α-hetero) is 1. The van der Waals surface area contributed by atoms with Crippen LogP contribution in [0.15, 0.2) is 0 Å². The van der Waals surface area contributed by atoms with E-state index in [1.165, 1.54) is 96.3 Å². The van der Waals surface area contributed by atoms with E-state index in [4.69, 9.17) is 0 Å². The highest BCUT2D eigenvalue weighted by Crippen LogP contribution is 2.49. The van der Waals surface area contributed by atoms with Crippen molar-refractivity contribution in [1.82, 2.24) is 0 Å². The van der Waals surface area contributed by atoms with Crippen LogP contribution in [0.25, 0.3) is 0 Å². The van der Waals surface area contributed by atoms with Gasteiger partial charge in [0.1, 0.15) is 5.78 Å². The lowest BCUT2D eigenvalue weighted by Crippen LogP contribution is -2.35. The van der Waals surface area contributed by atoms with Crippen LogP contribution in [0.5, 0.6) is 0 Å². The molecule has 0 bridgehead atoms. The van der Waals surface area contributed by atoms with Gasteiger partial charge in [-0.15, -0.1) is 0 Å². The van der Waals surface area contributed by atoms with E-state index in [2.05, 4.69) is 6.92 Å². The van der Waals surface area contributed by atoms with Crippen molar-refractivity contribution < 1.29 is 4.79 Å². The molecule has 0 spiro atoms. The maximum absolute atomic E-state index is 11.6. The van der Waals surface area contributed by atoms with E-state index in [1.807, 2.05) is 0 Å². The third-order valence-electron chi connectivity index (χ3n) is 8.49. The van der Waals surface area contributed by atoms with E-state index >= 15 is 0 Å². The summed E-state index contributed by atoms with van der Waals surface area (Å²) in [6, 6.07) is 0. The van der Waals surface area contributed by atoms with Gasteiger partial charge in [0.15, 0.2) is 0 Å². The van der Waals surface area contributed by atoms with Crippen molar-refractivity contribution in [2.24, 2.45) is 35.5 Å². The smallest absolute Gasteiger partial charge is 0.132 e. The first kappa shape index (κ1) is 20.4. The van der Waals surface area contributed by atoms with Crippen LogP contribution in [0.3, 0.4) is 0 Å². The van der Waals surface area contributed by atoms with Crippen LogP contribution in [0.4, 0.5) is 0 Å². The summed E-state index contributed by atoms with van der Waals surface area (Å²) < 4.78 is 0. The van der Waals surface area contributed by atoms with Crippen LogP contribution in [0.2, 0.25) is 0 Å². The third kappa shape index (κ3) is 5.59. The van der Waals surface area contributed by atoms with Gasteiger partial charge in [0.05, 0.1) is 0 Å². The minimum Gasteiger partial charge on any atom is -0.300 e. The van der Waals surface area contributed by atoms with Crippen LogP contribution in [-0.4, -0.2) is 5.78 Å². The molecule has 3 saturated carbocycles. The summed E-state index contributed by atoms with van der Waals surface area (Å²) in [4.78, 5) is 11.6. The maximum atomic E-state index is 11.6. The van der Waals surface area contributed by atoms with Gasteiger partial charge in [-0.25, -0.2) is 0 Å². The van der Waals surface area contributed by atoms with Crippen LogP contribution in [-0.2, 0) is 4.79 Å². The Balaban J connectivity index is 1.37. The molecule has 4 atom stereocenters. The fraction of sp³-hybridized carbons (Fsp3) is 0.960. The first-order valence-corrected chi connectivity index (χ1v) is 12.2. The van der Waals surface area contributed by atoms with Crippen LogP contribution < -0.4 is 0 Å². The predicted octanol–water partition coefficient (Wildman–Crippen LogP) is 7.57. The summed E-state index contributed by atoms with van der Waals surface area (Å²) in [5, 5.41) is 0. The Hall–Kier alpha value is -0.330. The number of ketones is 1. The number of rotatable bonds is 8. The highest BCUT2D eigenvalue weighted by atomic mass is 16.1. The molecule has 0 aromatic rings. The zero-order valence-electron chi connectivity index (χ0n) is 17.7. The SMILES string of the molecule is CCCCCCC[C@H]1CC[C@@H]2C[C@H](C3CCC(C(C)=O)CC3)CC[C@H]2C1. The standard InChI is InChI=1S/C25H44O/c1-3-4-5-6-7-8-20-9-10-25-18-24(16-15-23(25)17-20)22-13-11-21(12-14-22)19(2)26/h20-25H,3-18H2,1-2H3/t20-,21?,22?,23-,24+,25+/m0/s1. The molecule has 0 saturated heterocycles. The molecule has 26 heavy (non-hydrogen) atoms. The van der Waals surface area contributed by atoms with Gasteiger partial charge >= 0.3 is 0 Å². The monoisotopic (exact) mass is 360 g/mol. The summed E-state index contributed by atoms with van der Waals surface area (Å²) >= 11 is 0. The molecule has 150 valence electrons. The lowest BCUT2D eigenvalue weighted by Gasteiger charge is -2.45. The zero-order valence-corrected chi connectivity index (χ0v) is 17.7. The fourth-order valence-electron chi connectivity index (χ4n) is 6.75. The van der Waals surface area contributed by atoms with Gasteiger partial charge in [-0.2, -0.15) is 0 Å². The van der Waals surface area contributed by atoms with Gasteiger partial charge in [0, 0.05) is 5.92 Å². The molecule has 0 N–H and O–H groups in total. The molecule has 0 unspecified atom stereocenters. The van der Waals surface area contributed by atoms with Crippen molar-refractivity contribution in [2.75, 3.05) is 0 Å². The largest absolute Gasteiger partial charge is 0.300 e. The van der Waals surface area contributed by atoms with Gasteiger partial charge in [-0.3, -0.25) is 4.79 Å². The summed E-state index contributed by atoms with van der Waals surface area (Å²) in [5.41, 5.74) is 0. The molecule has 3 aliphatic carbocycles. The lowest BCUT2D eigenvalue weighted by molar-refractivity contribution is -0.122. The number of unbranched alkanes of at least 4 members (excludes halogenated alkanes) is 4. The number of carbonyl (C=O) groups excluding carboxylic acids is 1. The summed E-state index contributed by atoms with van der Waals surface area (Å²) in [5.74, 6) is 5.96. The van der Waals surface area contributed by atoms with Crippen molar-refractivity contribution >= 4 is 5.78 Å². The first-order valence-electron chi connectivity index (χ1n) is 12.2. The van der Waals surface area contributed by atoms with E-state index < -0.39 is 0 Å². The third-order valence-corrected chi connectivity index (χ3v) is 8.49. The molecule has 3 fully saturated rings. The second-order valence-electron chi connectivity index (χ2n) is 10.2. The molecule has 0 aromatic carbocycles. The molecule has 0 amide bonds. The molecule has 0 aromatic heterocycles. The Labute approximate surface area is 163 Å². The van der Waals surface area contributed by atoms with E-state index in [0.717, 1.165) is 29.6 Å². The number of hydrogen-bond acceptors (Lipinski definition) is 1. The van der Waals surface area contributed by atoms with Gasteiger partial charge in [0.2, 0.25) is 0 Å². The van der Waals surface area contributed by atoms with E-state index in [0.29, 0.717) is 11.7 Å². The highest BCUT2D eigenvalue weighted by molar-refractivity contribution is 5.78. The quantitative estimate of drug-likeness (QED) is 0.408. The van der Waals surface area contributed by atoms with E-state index in [-0.39, 0.29) is 0 Å². The van der Waals surface area contributed by atoms with Gasteiger partial charge < -0.3 is 0 Å². The van der Waals surface area contributed by atoms with E-state index in [1.54, 1.807) is 13.3 Å². The summed E-state index contributed by atoms with van der Waals surface area (Å²) in [6.07, 6.45) is 23.0. The normalized spacial score (nSPS) is 37.9. The summed E-state index contributed by atoms with van der Waals surface area (Å²) in [7, 11) is 0. The molecule has 0 radical (unpaired) electrons. The number of carbonyl (C=O) groups is 1. The van der Waals surface area contributed by atoms with Crippen molar-refractivity contribution in [1.29, 1.82) is 0 Å². The average Bonchev–Trinajstić information content (AvgIpc) is 2.67. The Morgan fingerprint density at radius 3 is 1.96 bits per heavy atom. The number of hydrogen-bond donors (Lipinski definition) is 0. The average molecular weight is 361 g/mol. The molecular formula is C25H44O. The highest BCUT2D eigenvalue weighted by Gasteiger charge is 2.38. The van der Waals surface area contributed by atoms with Gasteiger partial charge in [-0.05, 0) is 94.3 Å². The van der Waals surface area contributed by atoms with Crippen molar-refractivity contribution in [2.45, 2.75) is 117 Å². The van der Waals surface area contributed by atoms with Crippen molar-refractivity contribution in [3.05, 3.63) is 0 Å². The minimum atomic E-state index is 0.398. The predicted molar refractivity (Wildman–Crippen MR) is 111 cm³/mol. The minimum absolute atomic E-state index is 0.398. The second kappa shape index (κ2) is 10.3. The van der Waals surface area contributed by atoms with Crippen LogP contribution >= 0.6 is 0 Å². The van der Waals surface area contributed by atoms with Crippen molar-refractivity contribution in [3.63, 3.8) is 0 Å². The fourth-order valence-corrected chi connectivity index (χ4v) is 6.75. The Morgan fingerprint density at radius 2 is 1.27 bits per heavy atom. The topological polar surface area (TPSA) is 17.1 Å². The molecular weight excluding hydrogens is 316 g/mol. The first-order chi connectivity index (χ1) is 12.7. The van der Waals surface area contributed by atoms with Gasteiger partial charge in [-0.1, -0.05) is 51.9 Å². The zero-order chi connectivity index (χ0) is 18.4. The molecule has 1 nitrogen and oxygen atoms in total. The molecule has 1 heteroatoms. The maximum Gasteiger partial charge on any atom is 0.132 e. The second-order valence-corrected chi connectivity index (χ2v) is 10.2. The van der Waals surface area contributed by atoms with Crippen molar-refractivity contribution in [3.8, 4) is 0 Å².